The minimum atomic E-state index is -0.103. The van der Waals surface area contributed by atoms with Crippen molar-refractivity contribution in [3.05, 3.63) is 29.3 Å². The zero-order valence-corrected chi connectivity index (χ0v) is 15.5. The quantitative estimate of drug-likeness (QED) is 0.827. The highest BCUT2D eigenvalue weighted by atomic mass is 16.5. The van der Waals surface area contributed by atoms with Gasteiger partial charge in [-0.3, -0.25) is 4.79 Å². The topological polar surface area (TPSA) is 75.8 Å². The van der Waals surface area contributed by atoms with E-state index in [1.807, 2.05) is 23.1 Å². The van der Waals surface area contributed by atoms with E-state index in [0.29, 0.717) is 24.6 Å². The number of aliphatic hydroxyl groups excluding tert-OH is 1. The molecule has 1 aliphatic carbocycles. The Balaban J connectivity index is 1.80. The number of amides is 1. The number of hydrogen-bond acceptors (Lipinski definition) is 4. The Morgan fingerprint density at radius 2 is 2.20 bits per heavy atom. The number of carbonyl (C=O) groups is 1. The molecule has 1 saturated carbocycles. The molecule has 5 nitrogen and oxygen atoms in total. The van der Waals surface area contributed by atoms with Gasteiger partial charge in [0.05, 0.1) is 13.7 Å². The van der Waals surface area contributed by atoms with Crippen LogP contribution in [0.15, 0.2) is 18.2 Å². The second-order valence-corrected chi connectivity index (χ2v) is 8.34. The molecule has 3 N–H and O–H groups in total. The highest BCUT2D eigenvalue weighted by Crippen LogP contribution is 2.62. The van der Waals surface area contributed by atoms with Crippen LogP contribution in [0.1, 0.15) is 42.6 Å². The fraction of sp³-hybridized carbons (Fsp3) is 0.650. The molecule has 2 fully saturated rings. The third-order valence-electron chi connectivity index (χ3n) is 6.18. The van der Waals surface area contributed by atoms with Crippen LogP contribution in [0, 0.1) is 16.7 Å². The van der Waals surface area contributed by atoms with Gasteiger partial charge in [-0.2, -0.15) is 0 Å². The zero-order chi connectivity index (χ0) is 18.2. The maximum Gasteiger partial charge on any atom is 0.253 e. The summed E-state index contributed by atoms with van der Waals surface area (Å²) in [5.74, 6) is 1.23. The molecule has 1 aliphatic heterocycles. The summed E-state index contributed by atoms with van der Waals surface area (Å²) in [5, 5.41) is 9.89. The number of methoxy groups -OCH3 is 1. The number of nitrogens with zero attached hydrogens (tertiary/aromatic N) is 1. The van der Waals surface area contributed by atoms with E-state index >= 15 is 0 Å². The summed E-state index contributed by atoms with van der Waals surface area (Å²) in [6, 6.07) is 5.65. The molecular weight excluding hydrogens is 316 g/mol. The van der Waals surface area contributed by atoms with Crippen LogP contribution in [-0.4, -0.2) is 49.3 Å². The number of ether oxygens (including phenoxy) is 1. The van der Waals surface area contributed by atoms with Gasteiger partial charge in [-0.25, -0.2) is 0 Å². The summed E-state index contributed by atoms with van der Waals surface area (Å²) in [6.07, 6.45) is 2.65. The lowest BCUT2D eigenvalue weighted by Crippen LogP contribution is -2.54. The van der Waals surface area contributed by atoms with Gasteiger partial charge in [0.2, 0.25) is 0 Å². The second kappa shape index (κ2) is 6.61. The van der Waals surface area contributed by atoms with Crippen LogP contribution in [-0.2, 0) is 6.42 Å². The van der Waals surface area contributed by atoms with E-state index in [1.165, 1.54) is 0 Å². The number of benzene rings is 1. The number of aryl methyl sites for hydroxylation is 1. The number of rotatable bonds is 6. The van der Waals surface area contributed by atoms with Crippen LogP contribution in [0.3, 0.4) is 0 Å². The molecule has 0 radical (unpaired) electrons. The molecule has 1 aromatic carbocycles. The first-order valence-corrected chi connectivity index (χ1v) is 9.14. The molecule has 3 rings (SSSR count). The highest BCUT2D eigenvalue weighted by molar-refractivity contribution is 5.95. The van der Waals surface area contributed by atoms with E-state index in [2.05, 4.69) is 13.8 Å². The van der Waals surface area contributed by atoms with E-state index in [9.17, 15) is 9.90 Å². The van der Waals surface area contributed by atoms with Gasteiger partial charge in [0.25, 0.3) is 5.91 Å². The Hall–Kier alpha value is -1.59. The molecular formula is C20H30N2O3. The largest absolute Gasteiger partial charge is 0.496 e. The van der Waals surface area contributed by atoms with Gasteiger partial charge in [-0.15, -0.1) is 0 Å². The normalized spacial score (nSPS) is 26.9. The monoisotopic (exact) mass is 346 g/mol. The van der Waals surface area contributed by atoms with Crippen molar-refractivity contribution in [3.8, 4) is 5.75 Å². The van der Waals surface area contributed by atoms with Crippen molar-refractivity contribution in [1.82, 2.24) is 4.90 Å². The van der Waals surface area contributed by atoms with Crippen LogP contribution < -0.4 is 10.5 Å². The minimum absolute atomic E-state index is 0.0506. The highest BCUT2D eigenvalue weighted by Gasteiger charge is 2.63. The summed E-state index contributed by atoms with van der Waals surface area (Å²) in [5.41, 5.74) is 7.43. The van der Waals surface area contributed by atoms with Crippen LogP contribution in [0.5, 0.6) is 5.75 Å². The summed E-state index contributed by atoms with van der Waals surface area (Å²) < 4.78 is 5.41. The van der Waals surface area contributed by atoms with Gasteiger partial charge in [-0.1, -0.05) is 13.8 Å². The minimum Gasteiger partial charge on any atom is -0.496 e. The van der Waals surface area contributed by atoms with Crippen molar-refractivity contribution in [3.63, 3.8) is 0 Å². The fourth-order valence-corrected chi connectivity index (χ4v) is 5.08. The predicted octanol–water partition coefficient (Wildman–Crippen LogP) is 2.07. The molecule has 25 heavy (non-hydrogen) atoms. The van der Waals surface area contributed by atoms with Crippen LogP contribution >= 0.6 is 0 Å². The average molecular weight is 346 g/mol. The number of nitrogens with two attached hydrogens (primary N) is 1. The van der Waals surface area contributed by atoms with Crippen molar-refractivity contribution in [1.29, 1.82) is 0 Å². The Labute approximate surface area is 150 Å². The Morgan fingerprint density at radius 3 is 2.76 bits per heavy atom. The molecule has 0 unspecified atom stereocenters. The first-order valence-electron chi connectivity index (χ1n) is 9.14. The first kappa shape index (κ1) is 18.2. The summed E-state index contributed by atoms with van der Waals surface area (Å²) >= 11 is 0. The molecule has 0 aromatic heterocycles. The fourth-order valence-electron chi connectivity index (χ4n) is 5.08. The van der Waals surface area contributed by atoms with Crippen molar-refractivity contribution in [2.75, 3.05) is 33.4 Å². The zero-order valence-electron chi connectivity index (χ0n) is 15.5. The lowest BCUT2D eigenvalue weighted by atomic mass is 9.48. The van der Waals surface area contributed by atoms with E-state index in [1.54, 1.807) is 7.11 Å². The number of fused-ring (bicyclic) bond motifs is 1. The van der Waals surface area contributed by atoms with Gasteiger partial charge in [0.1, 0.15) is 5.75 Å². The van der Waals surface area contributed by atoms with E-state index in [4.69, 9.17) is 10.5 Å². The molecule has 1 saturated heterocycles. The van der Waals surface area contributed by atoms with Gasteiger partial charge in [-0.05, 0) is 60.9 Å². The number of aliphatic hydroxyl groups is 1. The lowest BCUT2D eigenvalue weighted by molar-refractivity contribution is -0.0976. The van der Waals surface area contributed by atoms with Crippen LogP contribution in [0.4, 0.5) is 0 Å². The number of hydrogen-bond donors (Lipinski definition) is 2. The summed E-state index contributed by atoms with van der Waals surface area (Å²) in [6.45, 7) is 6.63. The maximum absolute atomic E-state index is 13.0. The molecule has 1 amide bonds. The molecule has 2 atom stereocenters. The first-order chi connectivity index (χ1) is 11.9. The molecule has 138 valence electrons. The van der Waals surface area contributed by atoms with Gasteiger partial charge < -0.3 is 20.5 Å². The van der Waals surface area contributed by atoms with Crippen molar-refractivity contribution in [2.24, 2.45) is 22.5 Å². The Bertz CT molecular complexity index is 658. The third-order valence-corrected chi connectivity index (χ3v) is 6.18. The van der Waals surface area contributed by atoms with Crippen molar-refractivity contribution >= 4 is 5.91 Å². The van der Waals surface area contributed by atoms with E-state index in [-0.39, 0.29) is 23.3 Å². The van der Waals surface area contributed by atoms with Gasteiger partial charge >= 0.3 is 0 Å². The van der Waals surface area contributed by atoms with Gasteiger partial charge in [0, 0.05) is 24.1 Å². The van der Waals surface area contributed by atoms with E-state index < -0.39 is 0 Å². The number of likely N-dealkylation sites (tertiary alicyclic amines) is 1. The number of carbonyl (C=O) groups excluding carboxylic acids is 1. The predicted molar refractivity (Wildman–Crippen MR) is 97.7 cm³/mol. The summed E-state index contributed by atoms with van der Waals surface area (Å²) in [4.78, 5) is 15.0. The average Bonchev–Trinajstić information content (AvgIpc) is 2.94. The molecule has 0 spiro atoms. The lowest BCUT2D eigenvalue weighted by Gasteiger charge is -2.55. The SMILES string of the molecule is COc1ccc(C(=O)N2C[C@@H]3C(C)(C)C[C@]3(CO)C2)cc1CCCN. The molecule has 2 aliphatic rings. The van der Waals surface area contributed by atoms with Gasteiger partial charge in [0.15, 0.2) is 0 Å². The van der Waals surface area contributed by atoms with Crippen LogP contribution in [0.2, 0.25) is 0 Å². The molecule has 0 bridgehead atoms. The standard InChI is InChI=1S/C20H30N2O3/c1-19(2)11-20(13-23)12-22(10-17(19)20)18(24)15-6-7-16(25-3)14(9-15)5-4-8-21/h6-7,9,17,23H,4-5,8,10-13,21H2,1-3H3/t17-,20-/m1/s1. The van der Waals surface area contributed by atoms with Crippen LogP contribution in [0.25, 0.3) is 0 Å². The summed E-state index contributed by atoms with van der Waals surface area (Å²) in [7, 11) is 1.65. The molecule has 1 aromatic rings. The Kier molecular flexibility index (Phi) is 4.82. The third kappa shape index (κ3) is 3.04. The molecule has 1 heterocycles. The molecule has 5 heteroatoms. The van der Waals surface area contributed by atoms with Crippen molar-refractivity contribution < 1.29 is 14.6 Å². The smallest absolute Gasteiger partial charge is 0.253 e. The van der Waals surface area contributed by atoms with Crippen molar-refractivity contribution in [2.45, 2.75) is 33.1 Å². The Morgan fingerprint density at radius 1 is 1.44 bits per heavy atom. The second-order valence-electron chi connectivity index (χ2n) is 8.34. The van der Waals surface area contributed by atoms with E-state index in [0.717, 1.165) is 37.1 Å². The maximum atomic E-state index is 13.0.